The molecule has 2 aromatic carbocycles. The van der Waals surface area contributed by atoms with Gasteiger partial charge in [-0.15, -0.1) is 0 Å². The van der Waals surface area contributed by atoms with Crippen molar-refractivity contribution in [3.05, 3.63) is 66.0 Å². The molecule has 0 fully saturated rings. The lowest BCUT2D eigenvalue weighted by Gasteiger charge is -1.92. The standard InChI is InChI=1S/C8H8O2.C7H6N2/c1-6-2-4-7(5-3-6)8(9)10;1-2-4-7-6(3-1)8-5-9-7/h2-5H,1H3,(H,9,10);1-5H,(H,8,9). The van der Waals surface area contributed by atoms with Gasteiger partial charge < -0.3 is 10.1 Å². The van der Waals surface area contributed by atoms with Gasteiger partial charge in [-0.2, -0.15) is 0 Å². The van der Waals surface area contributed by atoms with Crippen molar-refractivity contribution in [3.8, 4) is 0 Å². The van der Waals surface area contributed by atoms with Gasteiger partial charge >= 0.3 is 5.97 Å². The molecule has 2 N–H and O–H groups in total. The molecule has 0 amide bonds. The van der Waals surface area contributed by atoms with Gasteiger partial charge in [0.2, 0.25) is 0 Å². The summed E-state index contributed by atoms with van der Waals surface area (Å²) < 4.78 is 0. The fourth-order valence-electron chi connectivity index (χ4n) is 1.58. The second kappa shape index (κ2) is 5.82. The quantitative estimate of drug-likeness (QED) is 0.700. The molecular weight excluding hydrogens is 240 g/mol. The van der Waals surface area contributed by atoms with Gasteiger partial charge in [-0.1, -0.05) is 29.8 Å². The van der Waals surface area contributed by atoms with E-state index >= 15 is 0 Å². The minimum absolute atomic E-state index is 0.339. The average molecular weight is 254 g/mol. The molecule has 96 valence electrons. The second-order valence-corrected chi connectivity index (χ2v) is 4.09. The molecule has 0 saturated carbocycles. The van der Waals surface area contributed by atoms with Crippen LogP contribution in [-0.2, 0) is 0 Å². The maximum atomic E-state index is 10.3. The lowest BCUT2D eigenvalue weighted by Crippen LogP contribution is -1.94. The van der Waals surface area contributed by atoms with Gasteiger partial charge in [0, 0.05) is 0 Å². The van der Waals surface area contributed by atoms with Crippen LogP contribution in [0.3, 0.4) is 0 Å². The molecule has 0 aliphatic carbocycles. The number of aromatic amines is 1. The Morgan fingerprint density at radius 2 is 1.79 bits per heavy atom. The summed E-state index contributed by atoms with van der Waals surface area (Å²) in [7, 11) is 0. The highest BCUT2D eigenvalue weighted by atomic mass is 16.4. The maximum Gasteiger partial charge on any atom is 0.335 e. The van der Waals surface area contributed by atoms with E-state index in [2.05, 4.69) is 9.97 Å². The average Bonchev–Trinajstić information content (AvgIpc) is 2.88. The molecule has 4 heteroatoms. The molecule has 0 spiro atoms. The fourth-order valence-corrected chi connectivity index (χ4v) is 1.58. The molecule has 0 atom stereocenters. The van der Waals surface area contributed by atoms with Crippen molar-refractivity contribution >= 4 is 17.0 Å². The largest absolute Gasteiger partial charge is 0.478 e. The number of carboxylic acid groups (broad SMARTS) is 1. The topological polar surface area (TPSA) is 66.0 Å². The van der Waals surface area contributed by atoms with Crippen LogP contribution in [0, 0.1) is 6.92 Å². The zero-order valence-electron chi connectivity index (χ0n) is 10.5. The summed E-state index contributed by atoms with van der Waals surface area (Å²) >= 11 is 0. The third kappa shape index (κ3) is 3.42. The number of para-hydroxylation sites is 2. The summed E-state index contributed by atoms with van der Waals surface area (Å²) in [5.74, 6) is -0.875. The molecule has 1 heterocycles. The van der Waals surface area contributed by atoms with Crippen LogP contribution in [-0.4, -0.2) is 21.0 Å². The Labute approximate surface area is 110 Å². The van der Waals surface area contributed by atoms with Crippen LogP contribution in [0.4, 0.5) is 0 Å². The lowest BCUT2D eigenvalue weighted by atomic mass is 10.2. The predicted octanol–water partition coefficient (Wildman–Crippen LogP) is 3.26. The fraction of sp³-hybridized carbons (Fsp3) is 0.0667. The van der Waals surface area contributed by atoms with Crippen molar-refractivity contribution in [1.82, 2.24) is 9.97 Å². The van der Waals surface area contributed by atoms with Crippen LogP contribution < -0.4 is 0 Å². The minimum Gasteiger partial charge on any atom is -0.478 e. The van der Waals surface area contributed by atoms with Crippen LogP contribution in [0.1, 0.15) is 15.9 Å². The Bertz CT molecular complexity index is 642. The molecule has 0 saturated heterocycles. The van der Waals surface area contributed by atoms with Crippen molar-refractivity contribution < 1.29 is 9.90 Å². The van der Waals surface area contributed by atoms with Crippen molar-refractivity contribution in [2.24, 2.45) is 0 Å². The number of nitrogens with one attached hydrogen (secondary N) is 1. The monoisotopic (exact) mass is 254 g/mol. The number of aromatic carboxylic acids is 1. The third-order valence-electron chi connectivity index (χ3n) is 2.63. The first-order chi connectivity index (χ1) is 9.16. The molecule has 4 nitrogen and oxygen atoms in total. The molecule has 0 unspecified atom stereocenters. The van der Waals surface area contributed by atoms with Crippen molar-refractivity contribution in [2.75, 3.05) is 0 Å². The zero-order chi connectivity index (χ0) is 13.7. The lowest BCUT2D eigenvalue weighted by molar-refractivity contribution is 0.0697. The summed E-state index contributed by atoms with van der Waals surface area (Å²) in [5.41, 5.74) is 3.53. The van der Waals surface area contributed by atoms with E-state index in [4.69, 9.17) is 5.11 Å². The number of benzene rings is 2. The van der Waals surface area contributed by atoms with Crippen molar-refractivity contribution in [3.63, 3.8) is 0 Å². The van der Waals surface area contributed by atoms with Crippen LogP contribution in [0.25, 0.3) is 11.0 Å². The first kappa shape index (κ1) is 12.8. The SMILES string of the molecule is Cc1ccc(C(=O)O)cc1.c1ccc2[nH]cnc2c1. The Morgan fingerprint density at radius 3 is 2.42 bits per heavy atom. The number of carboxylic acids is 1. The van der Waals surface area contributed by atoms with E-state index in [0.717, 1.165) is 16.6 Å². The van der Waals surface area contributed by atoms with E-state index in [0.29, 0.717) is 5.56 Å². The highest BCUT2D eigenvalue weighted by Gasteiger charge is 1.98. The van der Waals surface area contributed by atoms with Gasteiger partial charge in [0.1, 0.15) is 0 Å². The van der Waals surface area contributed by atoms with E-state index in [-0.39, 0.29) is 0 Å². The van der Waals surface area contributed by atoms with E-state index in [1.54, 1.807) is 30.6 Å². The van der Waals surface area contributed by atoms with E-state index in [1.165, 1.54) is 0 Å². The van der Waals surface area contributed by atoms with Gasteiger partial charge in [-0.3, -0.25) is 0 Å². The van der Waals surface area contributed by atoms with Gasteiger partial charge in [0.25, 0.3) is 0 Å². The van der Waals surface area contributed by atoms with Crippen molar-refractivity contribution in [2.45, 2.75) is 6.92 Å². The predicted molar refractivity (Wildman–Crippen MR) is 74.2 cm³/mol. The van der Waals surface area contributed by atoms with Crippen LogP contribution >= 0.6 is 0 Å². The second-order valence-electron chi connectivity index (χ2n) is 4.09. The Morgan fingerprint density at radius 1 is 1.11 bits per heavy atom. The van der Waals surface area contributed by atoms with Crippen molar-refractivity contribution in [1.29, 1.82) is 0 Å². The van der Waals surface area contributed by atoms with Gasteiger partial charge in [0.05, 0.1) is 22.9 Å². The normalized spacial score (nSPS) is 9.74. The number of imidazole rings is 1. The van der Waals surface area contributed by atoms with Crippen LogP contribution in [0.15, 0.2) is 54.9 Å². The molecule has 3 rings (SSSR count). The molecular formula is C15H14N2O2. The number of fused-ring (bicyclic) bond motifs is 1. The van der Waals surface area contributed by atoms with Gasteiger partial charge in [-0.05, 0) is 31.2 Å². The van der Waals surface area contributed by atoms with Crippen LogP contribution in [0.5, 0.6) is 0 Å². The number of hydrogen-bond acceptors (Lipinski definition) is 2. The molecule has 0 aliphatic heterocycles. The molecule has 19 heavy (non-hydrogen) atoms. The molecule has 0 aliphatic rings. The van der Waals surface area contributed by atoms with E-state index in [1.807, 2.05) is 31.2 Å². The summed E-state index contributed by atoms with van der Waals surface area (Å²) in [6.07, 6.45) is 1.70. The van der Waals surface area contributed by atoms with E-state index < -0.39 is 5.97 Å². The molecule has 1 aromatic heterocycles. The summed E-state index contributed by atoms with van der Waals surface area (Å²) in [6.45, 7) is 1.92. The highest BCUT2D eigenvalue weighted by molar-refractivity contribution is 5.87. The summed E-state index contributed by atoms with van der Waals surface area (Å²) in [6, 6.07) is 14.7. The number of rotatable bonds is 1. The van der Waals surface area contributed by atoms with Gasteiger partial charge in [0.15, 0.2) is 0 Å². The number of nitrogens with zero attached hydrogens (tertiary/aromatic N) is 1. The number of carbonyl (C=O) groups is 1. The Kier molecular flexibility index (Phi) is 3.93. The van der Waals surface area contributed by atoms with Gasteiger partial charge in [-0.25, -0.2) is 9.78 Å². The summed E-state index contributed by atoms with van der Waals surface area (Å²) in [5, 5.41) is 8.48. The molecule has 0 radical (unpaired) electrons. The minimum atomic E-state index is -0.875. The maximum absolute atomic E-state index is 10.3. The summed E-state index contributed by atoms with van der Waals surface area (Å²) in [4.78, 5) is 17.4. The Hall–Kier alpha value is -2.62. The third-order valence-corrected chi connectivity index (χ3v) is 2.63. The molecule has 3 aromatic rings. The number of hydrogen-bond donors (Lipinski definition) is 2. The first-order valence-electron chi connectivity index (χ1n) is 5.85. The molecule has 0 bridgehead atoms. The smallest absolute Gasteiger partial charge is 0.335 e. The number of aromatic nitrogens is 2. The first-order valence-corrected chi connectivity index (χ1v) is 5.85. The van der Waals surface area contributed by atoms with E-state index in [9.17, 15) is 4.79 Å². The Balaban J connectivity index is 0.000000141. The number of aryl methyl sites for hydroxylation is 1. The van der Waals surface area contributed by atoms with Crippen LogP contribution in [0.2, 0.25) is 0 Å². The highest BCUT2D eigenvalue weighted by Crippen LogP contribution is 2.05. The zero-order valence-corrected chi connectivity index (χ0v) is 10.5. The number of H-pyrrole nitrogens is 1.